The second kappa shape index (κ2) is 8.10. The molecule has 2 aliphatic rings. The van der Waals surface area contributed by atoms with Crippen molar-refractivity contribution in [3.8, 4) is 0 Å². The highest BCUT2D eigenvalue weighted by Crippen LogP contribution is 2.29. The highest BCUT2D eigenvalue weighted by atomic mass is 16.5. The molecule has 1 amide bonds. The Kier molecular flexibility index (Phi) is 5.87. The highest BCUT2D eigenvalue weighted by Gasteiger charge is 2.38. The fourth-order valence-electron chi connectivity index (χ4n) is 3.69. The maximum absolute atomic E-state index is 12.6. The molecule has 2 fully saturated rings. The van der Waals surface area contributed by atoms with Crippen molar-refractivity contribution in [3.05, 3.63) is 35.4 Å². The highest BCUT2D eigenvalue weighted by molar-refractivity contribution is 5.83. The lowest BCUT2D eigenvalue weighted by Crippen LogP contribution is -2.48. The van der Waals surface area contributed by atoms with Crippen LogP contribution in [0.25, 0.3) is 0 Å². The zero-order valence-corrected chi connectivity index (χ0v) is 14.4. The fraction of sp³-hybridized carbons (Fsp3) is 0.632. The number of hydrogen-bond acceptors (Lipinski definition) is 4. The van der Waals surface area contributed by atoms with Crippen molar-refractivity contribution < 1.29 is 9.53 Å². The Bertz CT molecular complexity index is 549. The van der Waals surface area contributed by atoms with Gasteiger partial charge in [-0.3, -0.25) is 9.69 Å². The number of ether oxygens (including phenoxy) is 1. The van der Waals surface area contributed by atoms with Crippen LogP contribution in [0.5, 0.6) is 0 Å². The van der Waals surface area contributed by atoms with Crippen molar-refractivity contribution in [2.24, 2.45) is 11.1 Å². The van der Waals surface area contributed by atoms with E-state index in [9.17, 15) is 4.79 Å². The molecule has 2 heterocycles. The average Bonchev–Trinajstić information content (AvgIpc) is 3.13. The summed E-state index contributed by atoms with van der Waals surface area (Å²) in [5.41, 5.74) is 7.92. The van der Waals surface area contributed by atoms with E-state index in [1.54, 1.807) is 0 Å². The quantitative estimate of drug-likeness (QED) is 0.832. The summed E-state index contributed by atoms with van der Waals surface area (Å²) in [6.45, 7) is 5.59. The molecule has 0 aliphatic carbocycles. The van der Waals surface area contributed by atoms with Crippen LogP contribution >= 0.6 is 0 Å². The number of nitrogens with one attached hydrogen (secondary N) is 1. The van der Waals surface area contributed by atoms with E-state index in [4.69, 9.17) is 10.5 Å². The van der Waals surface area contributed by atoms with E-state index in [0.29, 0.717) is 39.1 Å². The Labute approximate surface area is 144 Å². The molecule has 0 atom stereocenters. The number of amides is 1. The molecule has 0 aromatic heterocycles. The first-order valence-electron chi connectivity index (χ1n) is 9.08. The van der Waals surface area contributed by atoms with E-state index in [-0.39, 0.29) is 5.91 Å². The van der Waals surface area contributed by atoms with Gasteiger partial charge < -0.3 is 15.8 Å². The molecule has 3 N–H and O–H groups in total. The summed E-state index contributed by atoms with van der Waals surface area (Å²) in [5.74, 6) is 0.0678. The molecule has 0 saturated carbocycles. The summed E-state index contributed by atoms with van der Waals surface area (Å²) < 4.78 is 5.38. The van der Waals surface area contributed by atoms with Gasteiger partial charge in [0.15, 0.2) is 0 Å². The van der Waals surface area contributed by atoms with Gasteiger partial charge in [-0.1, -0.05) is 24.3 Å². The molecule has 0 spiro atoms. The van der Waals surface area contributed by atoms with Crippen LogP contribution in [0, 0.1) is 5.41 Å². The van der Waals surface area contributed by atoms with Crippen LogP contribution in [0.2, 0.25) is 0 Å². The summed E-state index contributed by atoms with van der Waals surface area (Å²) >= 11 is 0. The third kappa shape index (κ3) is 4.15. The van der Waals surface area contributed by atoms with Crippen LogP contribution in [0.3, 0.4) is 0 Å². The second-order valence-electron chi connectivity index (χ2n) is 7.08. The summed E-state index contributed by atoms with van der Waals surface area (Å²) in [7, 11) is 0. The summed E-state index contributed by atoms with van der Waals surface area (Å²) in [6.07, 6.45) is 4.04. The van der Waals surface area contributed by atoms with E-state index in [0.717, 1.165) is 12.1 Å². The molecular weight excluding hydrogens is 302 g/mol. The number of rotatable bonds is 6. The Morgan fingerprint density at radius 2 is 1.92 bits per heavy atom. The first-order valence-corrected chi connectivity index (χ1v) is 9.08. The van der Waals surface area contributed by atoms with Crippen molar-refractivity contribution in [3.63, 3.8) is 0 Å². The molecule has 5 heteroatoms. The monoisotopic (exact) mass is 331 g/mol. The maximum Gasteiger partial charge on any atom is 0.227 e. The minimum atomic E-state index is -0.453. The average molecular weight is 331 g/mol. The molecule has 0 radical (unpaired) electrons. The smallest absolute Gasteiger partial charge is 0.227 e. The number of hydrogen-bond donors (Lipinski definition) is 2. The van der Waals surface area contributed by atoms with Crippen LogP contribution < -0.4 is 11.1 Å². The molecule has 0 unspecified atom stereocenters. The maximum atomic E-state index is 12.6. The molecule has 5 nitrogen and oxygen atoms in total. The van der Waals surface area contributed by atoms with E-state index in [1.165, 1.54) is 31.5 Å². The van der Waals surface area contributed by atoms with E-state index < -0.39 is 5.41 Å². The fourth-order valence-corrected chi connectivity index (χ4v) is 3.69. The second-order valence-corrected chi connectivity index (χ2v) is 7.08. The van der Waals surface area contributed by atoms with Crippen molar-refractivity contribution in [2.45, 2.75) is 38.8 Å². The number of carbonyl (C=O) groups is 1. The Morgan fingerprint density at radius 1 is 1.21 bits per heavy atom. The van der Waals surface area contributed by atoms with Gasteiger partial charge in [0.1, 0.15) is 0 Å². The van der Waals surface area contributed by atoms with Crippen LogP contribution in [-0.2, 0) is 22.6 Å². The third-order valence-electron chi connectivity index (χ3n) is 5.37. The molecule has 3 rings (SSSR count). The minimum Gasteiger partial charge on any atom is -0.381 e. The van der Waals surface area contributed by atoms with Gasteiger partial charge >= 0.3 is 0 Å². The van der Waals surface area contributed by atoms with Crippen LogP contribution in [0.15, 0.2) is 24.3 Å². The van der Waals surface area contributed by atoms with Crippen LogP contribution in [0.1, 0.15) is 36.8 Å². The van der Waals surface area contributed by atoms with Crippen LogP contribution in [-0.4, -0.2) is 43.7 Å². The van der Waals surface area contributed by atoms with Gasteiger partial charge in [-0.05, 0) is 49.9 Å². The number of nitrogens with two attached hydrogens (primary N) is 1. The van der Waals surface area contributed by atoms with E-state index in [1.807, 2.05) is 0 Å². The minimum absolute atomic E-state index is 0.0678. The third-order valence-corrected chi connectivity index (χ3v) is 5.37. The summed E-state index contributed by atoms with van der Waals surface area (Å²) in [6, 6.07) is 8.54. The molecule has 1 aromatic rings. The van der Waals surface area contributed by atoms with Crippen molar-refractivity contribution >= 4 is 5.91 Å². The number of likely N-dealkylation sites (tertiary alicyclic amines) is 1. The molecule has 132 valence electrons. The van der Waals surface area contributed by atoms with Gasteiger partial charge in [-0.25, -0.2) is 0 Å². The number of benzene rings is 1. The number of nitrogens with zero attached hydrogens (tertiary/aromatic N) is 1. The largest absolute Gasteiger partial charge is 0.381 e. The predicted molar refractivity (Wildman–Crippen MR) is 94.3 cm³/mol. The summed E-state index contributed by atoms with van der Waals surface area (Å²) in [5, 5.41) is 3.09. The molecule has 2 aliphatic heterocycles. The molecule has 1 aromatic carbocycles. The predicted octanol–water partition coefficient (Wildman–Crippen LogP) is 1.65. The number of carbonyl (C=O) groups excluding carboxylic acids is 1. The Morgan fingerprint density at radius 3 is 2.62 bits per heavy atom. The lowest BCUT2D eigenvalue weighted by Gasteiger charge is -2.34. The topological polar surface area (TPSA) is 67.6 Å². The molecule has 0 bridgehead atoms. The van der Waals surface area contributed by atoms with Gasteiger partial charge in [-0.15, -0.1) is 0 Å². The lowest BCUT2D eigenvalue weighted by atomic mass is 9.79. The molecular formula is C19H29N3O2. The Hall–Kier alpha value is -1.43. The van der Waals surface area contributed by atoms with Crippen LogP contribution in [0.4, 0.5) is 0 Å². The lowest BCUT2D eigenvalue weighted by molar-refractivity contribution is -0.136. The van der Waals surface area contributed by atoms with Gasteiger partial charge in [0, 0.05) is 32.8 Å². The standard InChI is InChI=1S/C19H29N3O2/c20-15-19(6-10-24-11-7-19)18(23)21-13-16-4-3-5-17(12-16)14-22-8-1-2-9-22/h3-5,12H,1-2,6-11,13-15,20H2,(H,21,23). The first kappa shape index (κ1) is 17.4. The summed E-state index contributed by atoms with van der Waals surface area (Å²) in [4.78, 5) is 15.1. The van der Waals surface area contributed by atoms with Gasteiger partial charge in [-0.2, -0.15) is 0 Å². The van der Waals surface area contributed by atoms with Crippen molar-refractivity contribution in [1.29, 1.82) is 0 Å². The van der Waals surface area contributed by atoms with Gasteiger partial charge in [0.2, 0.25) is 5.91 Å². The SMILES string of the molecule is NCC1(C(=O)NCc2cccc(CN3CCCC3)c2)CCOCC1. The zero-order valence-electron chi connectivity index (χ0n) is 14.4. The zero-order chi connectivity index (χ0) is 16.8. The van der Waals surface area contributed by atoms with E-state index >= 15 is 0 Å². The van der Waals surface area contributed by atoms with E-state index in [2.05, 4.69) is 34.5 Å². The molecule has 24 heavy (non-hydrogen) atoms. The van der Waals surface area contributed by atoms with Crippen molar-refractivity contribution in [2.75, 3.05) is 32.8 Å². The van der Waals surface area contributed by atoms with Gasteiger partial charge in [0.25, 0.3) is 0 Å². The first-order chi connectivity index (χ1) is 11.7. The normalized spacial score (nSPS) is 20.9. The van der Waals surface area contributed by atoms with Gasteiger partial charge in [0.05, 0.1) is 5.41 Å². The Balaban J connectivity index is 1.56. The van der Waals surface area contributed by atoms with Crippen molar-refractivity contribution in [1.82, 2.24) is 10.2 Å². The molecule has 2 saturated heterocycles.